The molecule has 0 radical (unpaired) electrons. The molecule has 1 aromatic heterocycles. The van der Waals surface area contributed by atoms with Gasteiger partial charge in [0.15, 0.2) is 0 Å². The molecule has 0 saturated heterocycles. The lowest BCUT2D eigenvalue weighted by Gasteiger charge is -2.17. The van der Waals surface area contributed by atoms with E-state index >= 15 is 0 Å². The molecule has 0 aliphatic heterocycles. The summed E-state index contributed by atoms with van der Waals surface area (Å²) in [6.45, 7) is 2.26. The van der Waals surface area contributed by atoms with Crippen LogP contribution in [0.4, 0.5) is 24.7 Å². The Hall–Kier alpha value is -4.49. The fourth-order valence-electron chi connectivity index (χ4n) is 5.41. The summed E-state index contributed by atoms with van der Waals surface area (Å²) in [4.78, 5) is 33.4. The molecule has 2 aliphatic rings. The van der Waals surface area contributed by atoms with Gasteiger partial charge >= 0.3 is 6.36 Å². The van der Waals surface area contributed by atoms with E-state index in [1.807, 2.05) is 0 Å². The number of rotatable bonds is 15. The second kappa shape index (κ2) is 15.0. The van der Waals surface area contributed by atoms with Gasteiger partial charge in [0.1, 0.15) is 17.9 Å². The van der Waals surface area contributed by atoms with Crippen molar-refractivity contribution < 1.29 is 37.0 Å². The van der Waals surface area contributed by atoms with Gasteiger partial charge in [-0.15, -0.1) is 13.2 Å². The smallest absolute Gasteiger partial charge is 0.406 e. The van der Waals surface area contributed by atoms with Crippen molar-refractivity contribution in [2.75, 3.05) is 44.8 Å². The van der Waals surface area contributed by atoms with Crippen molar-refractivity contribution in [2.24, 2.45) is 17.8 Å². The molecule has 3 N–H and O–H groups in total. The van der Waals surface area contributed by atoms with E-state index in [4.69, 9.17) is 9.47 Å². The number of aromatic nitrogens is 2. The van der Waals surface area contributed by atoms with Crippen molar-refractivity contribution in [2.45, 2.75) is 19.2 Å². The number of carbonyl (C=O) groups is 2. The van der Waals surface area contributed by atoms with Crippen molar-refractivity contribution in [1.29, 1.82) is 0 Å². The zero-order chi connectivity index (χ0) is 31.6. The lowest BCUT2D eigenvalue weighted by atomic mass is 9.93. The van der Waals surface area contributed by atoms with Crippen molar-refractivity contribution in [3.63, 3.8) is 0 Å². The molecule has 2 bridgehead atoms. The number of nitrogens with zero attached hydrogens (tertiary/aromatic N) is 2. The molecule has 13 heteroatoms. The van der Waals surface area contributed by atoms with Crippen LogP contribution in [-0.2, 0) is 14.3 Å². The summed E-state index contributed by atoms with van der Waals surface area (Å²) in [7, 11) is 0. The van der Waals surface area contributed by atoms with Crippen LogP contribution in [0, 0.1) is 17.8 Å². The first-order valence-corrected chi connectivity index (χ1v) is 14.7. The molecule has 1 fully saturated rings. The predicted octanol–water partition coefficient (Wildman–Crippen LogP) is 4.88. The summed E-state index contributed by atoms with van der Waals surface area (Å²) in [5.74, 6) is 0.965. The molecule has 2 amide bonds. The molecule has 0 spiro atoms. The average molecular weight is 626 g/mol. The van der Waals surface area contributed by atoms with E-state index in [0.29, 0.717) is 79.7 Å². The monoisotopic (exact) mass is 625 g/mol. The van der Waals surface area contributed by atoms with Gasteiger partial charge in [-0.25, -0.2) is 9.97 Å². The van der Waals surface area contributed by atoms with Crippen LogP contribution >= 0.6 is 0 Å². The predicted molar refractivity (Wildman–Crippen MR) is 160 cm³/mol. The van der Waals surface area contributed by atoms with Gasteiger partial charge in [0, 0.05) is 41.9 Å². The third kappa shape index (κ3) is 9.50. The summed E-state index contributed by atoms with van der Waals surface area (Å²) in [5.41, 5.74) is 2.17. The van der Waals surface area contributed by atoms with Crippen LogP contribution in [0.25, 0.3) is 11.3 Å². The molecule has 238 valence electrons. The van der Waals surface area contributed by atoms with Gasteiger partial charge in [0.25, 0.3) is 5.91 Å². The first-order valence-electron chi connectivity index (χ1n) is 14.7. The number of allylic oxidation sites excluding steroid dienone is 2. The number of nitrogens with one attached hydrogen (secondary N) is 3. The Morgan fingerprint density at radius 2 is 1.62 bits per heavy atom. The summed E-state index contributed by atoms with van der Waals surface area (Å²) in [6, 6.07) is 13.9. The van der Waals surface area contributed by atoms with E-state index in [1.165, 1.54) is 30.6 Å². The molecular weight excluding hydrogens is 591 g/mol. The summed E-state index contributed by atoms with van der Waals surface area (Å²) in [6.07, 6.45) is 3.01. The molecule has 1 saturated carbocycles. The number of fused-ring (bicyclic) bond motifs is 2. The van der Waals surface area contributed by atoms with E-state index in [-0.39, 0.29) is 23.5 Å². The highest BCUT2D eigenvalue weighted by atomic mass is 19.4. The second-order valence-electron chi connectivity index (χ2n) is 10.7. The fourth-order valence-corrected chi connectivity index (χ4v) is 5.41. The third-order valence-electron chi connectivity index (χ3n) is 7.51. The highest BCUT2D eigenvalue weighted by Crippen LogP contribution is 2.43. The summed E-state index contributed by atoms with van der Waals surface area (Å²) < 4.78 is 52.1. The van der Waals surface area contributed by atoms with Crippen LogP contribution < -0.4 is 20.7 Å². The lowest BCUT2D eigenvalue weighted by Crippen LogP contribution is -2.35. The van der Waals surface area contributed by atoms with Gasteiger partial charge in [-0.2, -0.15) is 0 Å². The summed E-state index contributed by atoms with van der Waals surface area (Å²) >= 11 is 0. The Bertz CT molecular complexity index is 1480. The Morgan fingerprint density at radius 3 is 2.31 bits per heavy atom. The molecule has 3 atom stereocenters. The molecule has 1 heterocycles. The third-order valence-corrected chi connectivity index (χ3v) is 7.51. The maximum absolute atomic E-state index is 12.7. The van der Waals surface area contributed by atoms with Crippen molar-refractivity contribution in [3.05, 3.63) is 78.6 Å². The van der Waals surface area contributed by atoms with Crippen molar-refractivity contribution in [1.82, 2.24) is 20.6 Å². The van der Waals surface area contributed by atoms with Crippen LogP contribution in [0.1, 0.15) is 23.2 Å². The number of hydrogen-bond donors (Lipinski definition) is 3. The van der Waals surface area contributed by atoms with Crippen LogP contribution in [0.5, 0.6) is 5.75 Å². The maximum Gasteiger partial charge on any atom is 0.573 e. The zero-order valence-corrected chi connectivity index (χ0v) is 24.4. The first kappa shape index (κ1) is 31.9. The van der Waals surface area contributed by atoms with Crippen LogP contribution in [0.3, 0.4) is 0 Å². The van der Waals surface area contributed by atoms with Crippen LogP contribution in [0.15, 0.2) is 73.1 Å². The number of ether oxygens (including phenoxy) is 3. The molecule has 3 aromatic rings. The number of hydrogen-bond acceptors (Lipinski definition) is 8. The molecule has 45 heavy (non-hydrogen) atoms. The number of benzene rings is 2. The quantitative estimate of drug-likeness (QED) is 0.161. The van der Waals surface area contributed by atoms with Gasteiger partial charge < -0.3 is 30.2 Å². The van der Waals surface area contributed by atoms with Gasteiger partial charge in [-0.1, -0.05) is 24.3 Å². The number of halogens is 3. The fraction of sp³-hybridized carbons (Fsp3) is 0.375. The number of carbonyl (C=O) groups excluding carboxylic acids is 2. The number of alkyl halides is 3. The molecule has 5 rings (SSSR count). The Kier molecular flexibility index (Phi) is 10.6. The molecular formula is C32H34F3N5O5. The highest BCUT2D eigenvalue weighted by molar-refractivity contribution is 5.95. The Morgan fingerprint density at radius 1 is 0.867 bits per heavy atom. The minimum atomic E-state index is -4.76. The molecule has 2 aliphatic carbocycles. The second-order valence-corrected chi connectivity index (χ2v) is 10.7. The minimum absolute atomic E-state index is 0.0933. The normalized spacial score (nSPS) is 18.5. The Balaban J connectivity index is 0.981. The number of amides is 2. The van der Waals surface area contributed by atoms with Gasteiger partial charge in [-0.3, -0.25) is 9.59 Å². The lowest BCUT2D eigenvalue weighted by molar-refractivity contribution is -0.274. The largest absolute Gasteiger partial charge is 0.573 e. The Labute approximate surface area is 258 Å². The maximum atomic E-state index is 12.7. The minimum Gasteiger partial charge on any atom is -0.406 e. The van der Waals surface area contributed by atoms with Crippen LogP contribution in [0.2, 0.25) is 0 Å². The van der Waals surface area contributed by atoms with Crippen LogP contribution in [-0.4, -0.2) is 67.7 Å². The van der Waals surface area contributed by atoms with Gasteiger partial charge in [-0.05, 0) is 61.1 Å². The number of anilines is 2. The first-order chi connectivity index (χ1) is 21.7. The van der Waals surface area contributed by atoms with E-state index in [9.17, 15) is 22.8 Å². The van der Waals surface area contributed by atoms with E-state index in [1.54, 1.807) is 30.3 Å². The van der Waals surface area contributed by atoms with E-state index in [2.05, 4.69) is 42.8 Å². The molecule has 0 unspecified atom stereocenters. The van der Waals surface area contributed by atoms with Crippen molar-refractivity contribution in [3.8, 4) is 17.0 Å². The van der Waals surface area contributed by atoms with Crippen molar-refractivity contribution >= 4 is 23.3 Å². The van der Waals surface area contributed by atoms with E-state index < -0.39 is 6.36 Å². The zero-order valence-electron chi connectivity index (χ0n) is 24.4. The SMILES string of the molecule is O=C(NCCOCCOCCNC(=O)[C@H]1C[C@H]2C=C[C@H]1C2)c1cccc(-c2cc(Nc3ccc(OC(F)(F)F)cc3)ncn2)c1. The standard InChI is InChI=1S/C32H34F3N5O5/c33-32(34,35)45-26-8-6-25(7-9-26)40-29-19-28(38-20-39-29)23-2-1-3-24(18-23)30(41)36-10-12-43-14-15-44-13-11-37-31(42)27-17-21-4-5-22(27)16-21/h1-9,18-22,27H,10-17H2,(H,36,41)(H,37,42)(H,38,39,40)/t21-,22-,27-/m0/s1. The van der Waals surface area contributed by atoms with Gasteiger partial charge in [0.05, 0.1) is 32.1 Å². The molecule has 10 nitrogen and oxygen atoms in total. The average Bonchev–Trinajstić information content (AvgIpc) is 3.67. The van der Waals surface area contributed by atoms with E-state index in [0.717, 1.165) is 12.8 Å². The van der Waals surface area contributed by atoms with Gasteiger partial charge in [0.2, 0.25) is 5.91 Å². The highest BCUT2D eigenvalue weighted by Gasteiger charge is 2.39. The summed E-state index contributed by atoms with van der Waals surface area (Å²) in [5, 5.41) is 8.78. The topological polar surface area (TPSA) is 124 Å². The molecule has 2 aromatic carbocycles.